The lowest BCUT2D eigenvalue weighted by Gasteiger charge is -2.27. The minimum absolute atomic E-state index is 0.0439. The standard InChI is InChI=1S/C26H30N2O6/c1-15(2)23(24(29)28-12-20(25(30)31)22(13-28)33-3)27-26(32)34-14-21-18-10-6-4-8-16(18)17-9-5-7-11-19(17)21/h4-11,15,20-23H,12-14H2,1-3H3,(H,27,32)(H,30,31). The van der Waals surface area contributed by atoms with Gasteiger partial charge in [0.15, 0.2) is 0 Å². The van der Waals surface area contributed by atoms with Gasteiger partial charge in [-0.2, -0.15) is 0 Å². The van der Waals surface area contributed by atoms with Gasteiger partial charge in [0.05, 0.1) is 6.10 Å². The molecule has 2 aromatic rings. The zero-order chi connectivity index (χ0) is 24.4. The van der Waals surface area contributed by atoms with Crippen LogP contribution in [0.25, 0.3) is 11.1 Å². The maximum absolute atomic E-state index is 13.1. The Bertz CT molecular complexity index is 1040. The van der Waals surface area contributed by atoms with Crippen LogP contribution in [0.5, 0.6) is 0 Å². The molecule has 1 saturated heterocycles. The molecule has 8 heteroatoms. The molecule has 2 N–H and O–H groups in total. The van der Waals surface area contributed by atoms with Crippen LogP contribution in [0.3, 0.4) is 0 Å². The van der Waals surface area contributed by atoms with Crippen molar-refractivity contribution in [2.24, 2.45) is 11.8 Å². The van der Waals surface area contributed by atoms with Crippen molar-refractivity contribution in [3.05, 3.63) is 59.7 Å². The van der Waals surface area contributed by atoms with Gasteiger partial charge in [-0.25, -0.2) is 4.79 Å². The molecular formula is C26H30N2O6. The van der Waals surface area contributed by atoms with Crippen LogP contribution in [0.2, 0.25) is 0 Å². The van der Waals surface area contributed by atoms with E-state index in [4.69, 9.17) is 9.47 Å². The lowest BCUT2D eigenvalue weighted by atomic mass is 9.98. The third-order valence-corrected chi connectivity index (χ3v) is 6.75. The van der Waals surface area contributed by atoms with Crippen molar-refractivity contribution in [1.29, 1.82) is 0 Å². The Balaban J connectivity index is 1.42. The maximum Gasteiger partial charge on any atom is 0.407 e. The van der Waals surface area contributed by atoms with Crippen molar-refractivity contribution >= 4 is 18.0 Å². The third kappa shape index (κ3) is 4.50. The number of carbonyl (C=O) groups excluding carboxylic acids is 2. The van der Waals surface area contributed by atoms with E-state index >= 15 is 0 Å². The molecule has 4 rings (SSSR count). The number of nitrogens with one attached hydrogen (secondary N) is 1. The van der Waals surface area contributed by atoms with E-state index in [1.807, 2.05) is 50.2 Å². The highest BCUT2D eigenvalue weighted by Gasteiger charge is 2.42. The Hall–Kier alpha value is -3.39. The number of carboxylic acid groups (broad SMARTS) is 1. The minimum atomic E-state index is -1.01. The molecule has 1 aliphatic heterocycles. The summed E-state index contributed by atoms with van der Waals surface area (Å²) in [5.41, 5.74) is 4.49. The summed E-state index contributed by atoms with van der Waals surface area (Å²) < 4.78 is 10.8. The van der Waals surface area contributed by atoms with Crippen molar-refractivity contribution in [3.8, 4) is 11.1 Å². The first-order valence-corrected chi connectivity index (χ1v) is 11.5. The fourth-order valence-electron chi connectivity index (χ4n) is 4.91. The summed E-state index contributed by atoms with van der Waals surface area (Å²) in [5, 5.41) is 12.1. The molecule has 180 valence electrons. The van der Waals surface area contributed by atoms with Gasteiger partial charge in [0, 0.05) is 26.1 Å². The molecule has 0 radical (unpaired) electrons. The van der Waals surface area contributed by atoms with E-state index in [2.05, 4.69) is 17.4 Å². The fourth-order valence-corrected chi connectivity index (χ4v) is 4.91. The number of nitrogens with zero attached hydrogens (tertiary/aromatic N) is 1. The summed E-state index contributed by atoms with van der Waals surface area (Å²) in [6, 6.07) is 15.3. The van der Waals surface area contributed by atoms with Gasteiger partial charge in [-0.1, -0.05) is 62.4 Å². The summed E-state index contributed by atoms with van der Waals surface area (Å²) in [5.74, 6) is -2.43. The van der Waals surface area contributed by atoms with E-state index in [1.54, 1.807) is 0 Å². The predicted molar refractivity (Wildman–Crippen MR) is 125 cm³/mol. The first kappa shape index (κ1) is 23.8. The van der Waals surface area contributed by atoms with Crippen LogP contribution in [0.1, 0.15) is 30.9 Å². The summed E-state index contributed by atoms with van der Waals surface area (Å²) in [4.78, 5) is 38.8. The maximum atomic E-state index is 13.1. The molecule has 0 aromatic heterocycles. The molecule has 2 aliphatic rings. The van der Waals surface area contributed by atoms with Gasteiger partial charge in [-0.3, -0.25) is 9.59 Å². The Kier molecular flexibility index (Phi) is 6.88. The monoisotopic (exact) mass is 466 g/mol. The Morgan fingerprint density at radius 3 is 2.12 bits per heavy atom. The number of rotatable bonds is 7. The van der Waals surface area contributed by atoms with E-state index in [9.17, 15) is 19.5 Å². The number of hydrogen-bond acceptors (Lipinski definition) is 5. The van der Waals surface area contributed by atoms with Gasteiger partial charge in [0.1, 0.15) is 18.6 Å². The average molecular weight is 467 g/mol. The molecule has 2 amide bonds. The van der Waals surface area contributed by atoms with Gasteiger partial charge in [-0.05, 0) is 28.2 Å². The Morgan fingerprint density at radius 2 is 1.62 bits per heavy atom. The Morgan fingerprint density at radius 1 is 1.03 bits per heavy atom. The molecule has 2 aromatic carbocycles. The minimum Gasteiger partial charge on any atom is -0.481 e. The number of carbonyl (C=O) groups is 3. The molecule has 0 saturated carbocycles. The number of hydrogen-bond donors (Lipinski definition) is 2. The third-order valence-electron chi connectivity index (χ3n) is 6.75. The van der Waals surface area contributed by atoms with Crippen LogP contribution in [0, 0.1) is 11.8 Å². The zero-order valence-electron chi connectivity index (χ0n) is 19.6. The molecule has 0 bridgehead atoms. The molecule has 3 unspecified atom stereocenters. The predicted octanol–water partition coefficient (Wildman–Crippen LogP) is 3.11. The van der Waals surface area contributed by atoms with Crippen LogP contribution < -0.4 is 5.32 Å². The van der Waals surface area contributed by atoms with E-state index in [0.29, 0.717) is 0 Å². The van der Waals surface area contributed by atoms with Crippen molar-refractivity contribution in [2.45, 2.75) is 31.9 Å². The SMILES string of the molecule is COC1CN(C(=O)C(NC(=O)OCC2c3ccccc3-c3ccccc32)C(C)C)CC1C(=O)O. The van der Waals surface area contributed by atoms with Crippen LogP contribution in [-0.2, 0) is 19.1 Å². The summed E-state index contributed by atoms with van der Waals surface area (Å²) in [6.45, 7) is 4.01. The molecule has 3 atom stereocenters. The quantitative estimate of drug-likeness (QED) is 0.650. The largest absolute Gasteiger partial charge is 0.481 e. The van der Waals surface area contributed by atoms with Crippen molar-refractivity contribution in [1.82, 2.24) is 10.2 Å². The molecule has 1 heterocycles. The van der Waals surface area contributed by atoms with Crippen LogP contribution in [0.4, 0.5) is 4.79 Å². The van der Waals surface area contributed by atoms with E-state index in [-0.39, 0.29) is 37.4 Å². The highest BCUT2D eigenvalue weighted by molar-refractivity contribution is 5.87. The second kappa shape index (κ2) is 9.85. The van der Waals surface area contributed by atoms with Gasteiger partial charge in [-0.15, -0.1) is 0 Å². The Labute approximate surface area is 198 Å². The number of amides is 2. The number of fused-ring (bicyclic) bond motifs is 3. The number of alkyl carbamates (subject to hydrolysis) is 1. The van der Waals surface area contributed by atoms with Gasteiger partial charge in [0.2, 0.25) is 5.91 Å². The highest BCUT2D eigenvalue weighted by Crippen LogP contribution is 2.44. The highest BCUT2D eigenvalue weighted by atomic mass is 16.5. The number of aliphatic carboxylic acids is 1. The number of methoxy groups -OCH3 is 1. The fraction of sp³-hybridized carbons (Fsp3) is 0.423. The normalized spacial score (nSPS) is 20.1. The molecule has 1 aliphatic carbocycles. The second-order valence-electron chi connectivity index (χ2n) is 9.15. The lowest BCUT2D eigenvalue weighted by molar-refractivity contribution is -0.144. The lowest BCUT2D eigenvalue weighted by Crippen LogP contribution is -2.51. The van der Waals surface area contributed by atoms with Crippen molar-refractivity contribution < 1.29 is 29.0 Å². The number of ether oxygens (including phenoxy) is 2. The number of benzene rings is 2. The van der Waals surface area contributed by atoms with Crippen LogP contribution in [-0.4, -0.2) is 66.9 Å². The first-order valence-electron chi connectivity index (χ1n) is 11.5. The van der Waals surface area contributed by atoms with Gasteiger partial charge < -0.3 is 24.8 Å². The summed E-state index contributed by atoms with van der Waals surface area (Å²) >= 11 is 0. The van der Waals surface area contributed by atoms with Crippen molar-refractivity contribution in [2.75, 3.05) is 26.8 Å². The topological polar surface area (TPSA) is 105 Å². The van der Waals surface area contributed by atoms with E-state index < -0.39 is 30.1 Å². The smallest absolute Gasteiger partial charge is 0.407 e. The van der Waals surface area contributed by atoms with Gasteiger partial charge >= 0.3 is 12.1 Å². The molecule has 8 nitrogen and oxygen atoms in total. The molecular weight excluding hydrogens is 436 g/mol. The molecule has 1 fully saturated rings. The second-order valence-corrected chi connectivity index (χ2v) is 9.15. The van der Waals surface area contributed by atoms with Crippen LogP contribution >= 0.6 is 0 Å². The van der Waals surface area contributed by atoms with E-state index in [1.165, 1.54) is 12.0 Å². The van der Waals surface area contributed by atoms with Gasteiger partial charge in [0.25, 0.3) is 0 Å². The first-order chi connectivity index (χ1) is 16.3. The van der Waals surface area contributed by atoms with Crippen molar-refractivity contribution in [3.63, 3.8) is 0 Å². The zero-order valence-corrected chi connectivity index (χ0v) is 19.6. The molecule has 34 heavy (non-hydrogen) atoms. The number of likely N-dealkylation sites (tertiary alicyclic amines) is 1. The molecule has 0 spiro atoms. The number of carboxylic acids is 1. The van der Waals surface area contributed by atoms with E-state index in [0.717, 1.165) is 22.3 Å². The summed E-state index contributed by atoms with van der Waals surface area (Å²) in [7, 11) is 1.43. The summed E-state index contributed by atoms with van der Waals surface area (Å²) in [6.07, 6.45) is -1.25. The average Bonchev–Trinajstić information content (AvgIpc) is 3.40. The van der Waals surface area contributed by atoms with Crippen LogP contribution in [0.15, 0.2) is 48.5 Å².